The van der Waals surface area contributed by atoms with E-state index in [1.165, 1.54) is 5.56 Å². The fraction of sp³-hybridized carbons (Fsp3) is 0.200. The van der Waals surface area contributed by atoms with Gasteiger partial charge in [-0.05, 0) is 36.2 Å². The number of aryl methyl sites for hydroxylation is 1. The highest BCUT2D eigenvalue weighted by Crippen LogP contribution is 2.22. The van der Waals surface area contributed by atoms with Gasteiger partial charge in [0.05, 0.1) is 6.04 Å². The van der Waals surface area contributed by atoms with E-state index >= 15 is 0 Å². The molecule has 1 atom stereocenters. The zero-order valence-electron chi connectivity index (χ0n) is 10.4. The summed E-state index contributed by atoms with van der Waals surface area (Å²) >= 11 is 5.89. The first kappa shape index (κ1) is 12.9. The topological polar surface area (TPSA) is 38.0 Å². The molecule has 0 spiro atoms. The number of nitrogens with one attached hydrogen (secondary N) is 1. The van der Waals surface area contributed by atoms with Gasteiger partial charge in [0.2, 0.25) is 0 Å². The maximum atomic E-state index is 5.89. The monoisotopic (exact) mass is 260 g/mol. The lowest BCUT2D eigenvalue weighted by Crippen LogP contribution is -2.20. The Kier molecular flexibility index (Phi) is 4.24. The van der Waals surface area contributed by atoms with Gasteiger partial charge in [0, 0.05) is 17.3 Å². The van der Waals surface area contributed by atoms with Gasteiger partial charge in [-0.2, -0.15) is 0 Å². The summed E-state index contributed by atoms with van der Waals surface area (Å²) in [5.41, 5.74) is 9.32. The van der Waals surface area contributed by atoms with Crippen molar-refractivity contribution in [3.05, 3.63) is 64.7 Å². The van der Waals surface area contributed by atoms with Gasteiger partial charge in [-0.1, -0.05) is 41.9 Å². The molecule has 0 aromatic heterocycles. The lowest BCUT2D eigenvalue weighted by molar-refractivity contribution is 0.789. The van der Waals surface area contributed by atoms with E-state index < -0.39 is 0 Å². The molecular formula is C15H17ClN2. The Bertz CT molecular complexity index is 508. The Morgan fingerprint density at radius 1 is 1.11 bits per heavy atom. The van der Waals surface area contributed by atoms with E-state index in [1.54, 1.807) is 0 Å². The third-order valence-electron chi connectivity index (χ3n) is 2.98. The highest BCUT2D eigenvalue weighted by Gasteiger charge is 2.10. The summed E-state index contributed by atoms with van der Waals surface area (Å²) in [5, 5.41) is 4.21. The molecule has 3 heteroatoms. The lowest BCUT2D eigenvalue weighted by Gasteiger charge is -2.20. The second-order valence-electron chi connectivity index (χ2n) is 4.30. The van der Waals surface area contributed by atoms with Gasteiger partial charge < -0.3 is 11.1 Å². The van der Waals surface area contributed by atoms with Gasteiger partial charge in [0.25, 0.3) is 0 Å². The second-order valence-corrected chi connectivity index (χ2v) is 4.74. The highest BCUT2D eigenvalue weighted by atomic mass is 35.5. The summed E-state index contributed by atoms with van der Waals surface area (Å²) in [5.74, 6) is 0. The predicted octanol–water partition coefficient (Wildman–Crippen LogP) is 3.76. The zero-order valence-corrected chi connectivity index (χ0v) is 11.1. The summed E-state index contributed by atoms with van der Waals surface area (Å²) in [4.78, 5) is 0. The van der Waals surface area contributed by atoms with Crippen LogP contribution in [0.25, 0.3) is 0 Å². The van der Waals surface area contributed by atoms with Crippen molar-refractivity contribution in [3.8, 4) is 0 Å². The summed E-state index contributed by atoms with van der Waals surface area (Å²) in [6.45, 7) is 2.62. The van der Waals surface area contributed by atoms with Crippen LogP contribution in [0.1, 0.15) is 17.2 Å². The van der Waals surface area contributed by atoms with Crippen LogP contribution in [-0.2, 0) is 0 Å². The quantitative estimate of drug-likeness (QED) is 0.878. The van der Waals surface area contributed by atoms with Crippen molar-refractivity contribution in [2.45, 2.75) is 13.0 Å². The molecule has 0 fully saturated rings. The van der Waals surface area contributed by atoms with Crippen LogP contribution in [0.2, 0.25) is 5.02 Å². The molecule has 0 aliphatic carbocycles. The number of nitrogens with two attached hydrogens (primary N) is 1. The standard InChI is InChI=1S/C15H17ClN2/c1-11-4-2-3-5-14(11)18-15(10-17)12-6-8-13(16)9-7-12/h2-9,15,18H,10,17H2,1H3. The van der Waals surface area contributed by atoms with E-state index in [1.807, 2.05) is 36.4 Å². The molecule has 0 aliphatic rings. The Labute approximate surface area is 113 Å². The van der Waals surface area contributed by atoms with Crippen molar-refractivity contribution >= 4 is 17.3 Å². The number of rotatable bonds is 4. The Balaban J connectivity index is 2.20. The Morgan fingerprint density at radius 3 is 2.39 bits per heavy atom. The number of halogens is 1. The fourth-order valence-electron chi connectivity index (χ4n) is 1.90. The molecule has 0 amide bonds. The molecule has 0 radical (unpaired) electrons. The first-order chi connectivity index (χ1) is 8.70. The molecule has 0 saturated carbocycles. The van der Waals surface area contributed by atoms with Crippen molar-refractivity contribution < 1.29 is 0 Å². The van der Waals surface area contributed by atoms with Crippen LogP contribution >= 0.6 is 11.6 Å². The van der Waals surface area contributed by atoms with Crippen LogP contribution in [-0.4, -0.2) is 6.54 Å². The molecule has 0 saturated heterocycles. The Hall–Kier alpha value is -1.51. The molecule has 2 aromatic rings. The van der Waals surface area contributed by atoms with E-state index in [4.69, 9.17) is 17.3 Å². The number of hydrogen-bond acceptors (Lipinski definition) is 2. The molecule has 2 nitrogen and oxygen atoms in total. The van der Waals surface area contributed by atoms with Gasteiger partial charge in [0.15, 0.2) is 0 Å². The van der Waals surface area contributed by atoms with Gasteiger partial charge in [-0.25, -0.2) is 0 Å². The maximum absolute atomic E-state index is 5.89. The minimum Gasteiger partial charge on any atom is -0.377 e. The van der Waals surface area contributed by atoms with E-state index in [0.29, 0.717) is 6.54 Å². The number of anilines is 1. The summed E-state index contributed by atoms with van der Waals surface area (Å²) < 4.78 is 0. The lowest BCUT2D eigenvalue weighted by atomic mass is 10.1. The van der Waals surface area contributed by atoms with E-state index in [2.05, 4.69) is 24.4 Å². The van der Waals surface area contributed by atoms with Crippen molar-refractivity contribution in [1.82, 2.24) is 0 Å². The number of para-hydroxylation sites is 1. The van der Waals surface area contributed by atoms with Crippen LogP contribution in [0.5, 0.6) is 0 Å². The van der Waals surface area contributed by atoms with Crippen LogP contribution in [0.3, 0.4) is 0 Å². The van der Waals surface area contributed by atoms with E-state index in [9.17, 15) is 0 Å². The molecule has 0 aliphatic heterocycles. The van der Waals surface area contributed by atoms with Crippen molar-refractivity contribution in [1.29, 1.82) is 0 Å². The molecule has 94 valence electrons. The van der Waals surface area contributed by atoms with Crippen molar-refractivity contribution in [2.75, 3.05) is 11.9 Å². The van der Waals surface area contributed by atoms with Gasteiger partial charge >= 0.3 is 0 Å². The Morgan fingerprint density at radius 2 is 1.78 bits per heavy atom. The highest BCUT2D eigenvalue weighted by molar-refractivity contribution is 6.30. The summed E-state index contributed by atoms with van der Waals surface area (Å²) in [7, 11) is 0. The average Bonchev–Trinajstić information content (AvgIpc) is 2.39. The van der Waals surface area contributed by atoms with Gasteiger partial charge in [0.1, 0.15) is 0 Å². The average molecular weight is 261 g/mol. The molecule has 2 rings (SSSR count). The SMILES string of the molecule is Cc1ccccc1NC(CN)c1ccc(Cl)cc1. The minimum absolute atomic E-state index is 0.100. The van der Waals surface area contributed by atoms with Crippen molar-refractivity contribution in [3.63, 3.8) is 0 Å². The van der Waals surface area contributed by atoms with Gasteiger partial charge in [-0.3, -0.25) is 0 Å². The largest absolute Gasteiger partial charge is 0.377 e. The van der Waals surface area contributed by atoms with Crippen LogP contribution in [0.15, 0.2) is 48.5 Å². The van der Waals surface area contributed by atoms with Crippen molar-refractivity contribution in [2.24, 2.45) is 5.73 Å². The smallest absolute Gasteiger partial charge is 0.0636 e. The molecule has 0 bridgehead atoms. The number of benzene rings is 2. The first-order valence-corrected chi connectivity index (χ1v) is 6.36. The summed E-state index contributed by atoms with van der Waals surface area (Å²) in [6.07, 6.45) is 0. The molecule has 3 N–H and O–H groups in total. The predicted molar refractivity (Wildman–Crippen MR) is 78.0 cm³/mol. The van der Waals surface area contributed by atoms with Crippen LogP contribution < -0.4 is 11.1 Å². The molecule has 2 aromatic carbocycles. The molecule has 1 unspecified atom stereocenters. The van der Waals surface area contributed by atoms with Crippen LogP contribution in [0.4, 0.5) is 5.69 Å². The maximum Gasteiger partial charge on any atom is 0.0636 e. The zero-order chi connectivity index (χ0) is 13.0. The molecule has 18 heavy (non-hydrogen) atoms. The normalized spacial score (nSPS) is 12.2. The van der Waals surface area contributed by atoms with Gasteiger partial charge in [-0.15, -0.1) is 0 Å². The van der Waals surface area contributed by atoms with E-state index in [-0.39, 0.29) is 6.04 Å². The van der Waals surface area contributed by atoms with Crippen LogP contribution in [0, 0.1) is 6.92 Å². The fourth-order valence-corrected chi connectivity index (χ4v) is 2.02. The molecule has 0 heterocycles. The minimum atomic E-state index is 0.100. The summed E-state index contributed by atoms with van der Waals surface area (Å²) in [6, 6.07) is 16.1. The third-order valence-corrected chi connectivity index (χ3v) is 3.23. The first-order valence-electron chi connectivity index (χ1n) is 5.98. The number of hydrogen-bond donors (Lipinski definition) is 2. The third kappa shape index (κ3) is 3.03. The van der Waals surface area contributed by atoms with E-state index in [0.717, 1.165) is 16.3 Å². The second kappa shape index (κ2) is 5.89. The molecular weight excluding hydrogens is 244 g/mol.